The van der Waals surface area contributed by atoms with Gasteiger partial charge in [0.15, 0.2) is 17.1 Å². The molecule has 4 heteroatoms. The van der Waals surface area contributed by atoms with Crippen LogP contribution in [0.2, 0.25) is 0 Å². The van der Waals surface area contributed by atoms with Crippen molar-refractivity contribution in [2.75, 3.05) is 6.61 Å². The molecule has 0 radical (unpaired) electrons. The van der Waals surface area contributed by atoms with Crippen molar-refractivity contribution in [1.29, 1.82) is 0 Å². The molecule has 26 heavy (non-hydrogen) atoms. The highest BCUT2D eigenvalue weighted by atomic mass is 32.2. The van der Waals surface area contributed by atoms with Crippen molar-refractivity contribution in [2.24, 2.45) is 0 Å². The summed E-state index contributed by atoms with van der Waals surface area (Å²) in [5, 5.41) is 2.11. The predicted molar refractivity (Wildman–Crippen MR) is 107 cm³/mol. The first-order chi connectivity index (χ1) is 12.3. The molecule has 0 bridgehead atoms. The van der Waals surface area contributed by atoms with E-state index in [0.29, 0.717) is 5.75 Å². The Morgan fingerprint density at radius 1 is 1.27 bits per heavy atom. The molecule has 0 aliphatic carbocycles. The van der Waals surface area contributed by atoms with Crippen LogP contribution in [-0.2, 0) is 9.53 Å². The smallest absolute Gasteiger partial charge is 0.345 e. The minimum Gasteiger partial charge on any atom is -0.481 e. The van der Waals surface area contributed by atoms with Gasteiger partial charge in [-0.05, 0) is 57.7 Å². The maximum atomic E-state index is 12.0. The Bertz CT molecular complexity index is 894. The van der Waals surface area contributed by atoms with Crippen molar-refractivity contribution in [1.82, 2.24) is 0 Å². The molecule has 0 aliphatic rings. The van der Waals surface area contributed by atoms with Gasteiger partial charge >= 0.3 is 5.97 Å². The molecular weight excluding hydrogens is 344 g/mol. The van der Waals surface area contributed by atoms with Gasteiger partial charge in [0.25, 0.3) is 0 Å². The van der Waals surface area contributed by atoms with E-state index in [-0.39, 0.29) is 17.1 Å². The number of hydrogen-bond donors (Lipinski definition) is 0. The van der Waals surface area contributed by atoms with Gasteiger partial charge in [0.2, 0.25) is 4.88 Å². The molecule has 1 atom stereocenters. The fourth-order valence-electron chi connectivity index (χ4n) is 2.71. The van der Waals surface area contributed by atoms with Crippen LogP contribution >= 0.6 is 10.5 Å². The van der Waals surface area contributed by atoms with Gasteiger partial charge in [0.1, 0.15) is 11.1 Å². The van der Waals surface area contributed by atoms with Crippen LogP contribution in [0.15, 0.2) is 29.6 Å². The van der Waals surface area contributed by atoms with E-state index >= 15 is 0 Å². The minimum absolute atomic E-state index is 0.156. The van der Waals surface area contributed by atoms with Crippen molar-refractivity contribution in [3.8, 4) is 34.8 Å². The highest BCUT2D eigenvalue weighted by Crippen LogP contribution is 2.38. The van der Waals surface area contributed by atoms with Crippen LogP contribution in [0, 0.1) is 38.0 Å². The molecule has 2 rings (SSSR count). The quantitative estimate of drug-likeness (QED) is 0.435. The first-order valence-corrected chi connectivity index (χ1v) is 9.54. The number of benzene rings is 1. The number of terminal acetylenes is 1. The standard InChI is InChI=1S/C22H23O3S/c1-7-11-22(5,6)25-20(23)15-24-21-16(3)13-19(14-17(21)4)26-12-9-10-18(26)8-2/h2,9-10,12-14H,15H2,1,3-6H3/q+1. The van der Waals surface area contributed by atoms with Crippen molar-refractivity contribution >= 4 is 16.4 Å². The number of rotatable bonds is 5. The first-order valence-electron chi connectivity index (χ1n) is 8.25. The van der Waals surface area contributed by atoms with Crippen LogP contribution in [0.1, 0.15) is 36.8 Å². The van der Waals surface area contributed by atoms with Gasteiger partial charge < -0.3 is 9.47 Å². The normalized spacial score (nSPS) is 11.2. The van der Waals surface area contributed by atoms with E-state index in [0.717, 1.165) is 20.9 Å². The Balaban J connectivity index is 2.15. The molecule has 3 nitrogen and oxygen atoms in total. The summed E-state index contributed by atoms with van der Waals surface area (Å²) in [6, 6.07) is 8.08. The van der Waals surface area contributed by atoms with Gasteiger partial charge in [0.05, 0.1) is 0 Å². The summed E-state index contributed by atoms with van der Waals surface area (Å²) < 4.78 is 11.1. The van der Waals surface area contributed by atoms with E-state index in [1.807, 2.05) is 26.0 Å². The summed E-state index contributed by atoms with van der Waals surface area (Å²) in [5.74, 6) is 8.60. The van der Waals surface area contributed by atoms with E-state index in [1.165, 1.54) is 0 Å². The lowest BCUT2D eigenvalue weighted by Crippen LogP contribution is -2.29. The van der Waals surface area contributed by atoms with Crippen LogP contribution in [0.3, 0.4) is 0 Å². The molecule has 0 aliphatic heterocycles. The fourth-order valence-corrected chi connectivity index (χ4v) is 4.46. The fraction of sp³-hybridized carbons (Fsp3) is 0.318. The second kappa shape index (κ2) is 8.13. The summed E-state index contributed by atoms with van der Waals surface area (Å²) in [6.45, 7) is 8.98. The molecule has 2 aromatic rings. The average molecular weight is 367 g/mol. The molecule has 0 N–H and O–H groups in total. The third-order valence-electron chi connectivity index (χ3n) is 3.66. The van der Waals surface area contributed by atoms with Crippen LogP contribution < -0.4 is 4.74 Å². The van der Waals surface area contributed by atoms with Gasteiger partial charge in [-0.3, -0.25) is 0 Å². The molecule has 0 spiro atoms. The van der Waals surface area contributed by atoms with Crippen LogP contribution in [0.5, 0.6) is 5.75 Å². The summed E-state index contributed by atoms with van der Waals surface area (Å²) in [7, 11) is -0.204. The van der Waals surface area contributed by atoms with Gasteiger partial charge in [-0.25, -0.2) is 4.79 Å². The van der Waals surface area contributed by atoms with E-state index < -0.39 is 11.6 Å². The Hall–Kier alpha value is -2.69. The molecule has 0 saturated heterocycles. The van der Waals surface area contributed by atoms with Gasteiger partial charge in [-0.15, -0.1) is 12.3 Å². The number of ether oxygens (including phenoxy) is 2. The first kappa shape index (κ1) is 19.6. The molecule has 1 heterocycles. The molecule has 0 saturated carbocycles. The zero-order valence-electron chi connectivity index (χ0n) is 15.8. The largest absolute Gasteiger partial charge is 0.481 e. The van der Waals surface area contributed by atoms with E-state index in [9.17, 15) is 4.79 Å². The highest BCUT2D eigenvalue weighted by molar-refractivity contribution is 7.38. The van der Waals surface area contributed by atoms with Crippen molar-refractivity contribution in [3.63, 3.8) is 0 Å². The second-order valence-corrected chi connectivity index (χ2v) is 8.23. The maximum absolute atomic E-state index is 12.0. The average Bonchev–Trinajstić information content (AvgIpc) is 3.01. The van der Waals surface area contributed by atoms with Crippen molar-refractivity contribution in [3.05, 3.63) is 45.6 Å². The number of carbonyl (C=O) groups excluding carboxylic acids is 1. The lowest BCUT2D eigenvalue weighted by atomic mass is 10.1. The predicted octanol–water partition coefficient (Wildman–Crippen LogP) is 4.75. The molecule has 1 unspecified atom stereocenters. The Morgan fingerprint density at radius 2 is 1.92 bits per heavy atom. The lowest BCUT2D eigenvalue weighted by Gasteiger charge is -2.19. The molecule has 0 fully saturated rings. The number of thiophene rings is 1. The maximum Gasteiger partial charge on any atom is 0.345 e. The van der Waals surface area contributed by atoms with Gasteiger partial charge in [-0.2, -0.15) is 0 Å². The summed E-state index contributed by atoms with van der Waals surface area (Å²) in [4.78, 5) is 14.2. The number of hydrogen-bond acceptors (Lipinski definition) is 3. The zero-order chi connectivity index (χ0) is 19.3. The van der Waals surface area contributed by atoms with Crippen LogP contribution in [0.25, 0.3) is 4.90 Å². The Kier molecular flexibility index (Phi) is 6.14. The van der Waals surface area contributed by atoms with Crippen molar-refractivity contribution < 1.29 is 14.3 Å². The van der Waals surface area contributed by atoms with Gasteiger partial charge in [-0.1, -0.05) is 5.92 Å². The summed E-state index contributed by atoms with van der Waals surface area (Å²) in [5.41, 5.74) is 1.10. The number of aryl methyl sites for hydroxylation is 2. The van der Waals surface area contributed by atoms with E-state index in [1.54, 1.807) is 20.8 Å². The Morgan fingerprint density at radius 3 is 2.50 bits per heavy atom. The molecular formula is C22H23O3S+. The summed E-state index contributed by atoms with van der Waals surface area (Å²) >= 11 is 0. The lowest BCUT2D eigenvalue weighted by molar-refractivity contribution is -0.154. The molecule has 134 valence electrons. The second-order valence-electron chi connectivity index (χ2n) is 6.38. The monoisotopic (exact) mass is 367 g/mol. The van der Waals surface area contributed by atoms with Crippen LogP contribution in [0.4, 0.5) is 0 Å². The van der Waals surface area contributed by atoms with E-state index in [2.05, 4.69) is 35.3 Å². The SMILES string of the molecule is C#Cc1ccc[s+]1-c1cc(C)c(OCC(=O)OC(C)(C)C#CC)c(C)c1. The summed E-state index contributed by atoms with van der Waals surface area (Å²) in [6.07, 6.45) is 5.58. The van der Waals surface area contributed by atoms with E-state index in [4.69, 9.17) is 15.9 Å². The highest BCUT2D eigenvalue weighted by Gasteiger charge is 2.22. The topological polar surface area (TPSA) is 35.5 Å². The third kappa shape index (κ3) is 4.69. The number of carbonyl (C=O) groups is 1. The zero-order valence-corrected chi connectivity index (χ0v) is 16.6. The third-order valence-corrected chi connectivity index (χ3v) is 5.56. The molecule has 1 aromatic carbocycles. The van der Waals surface area contributed by atoms with Crippen LogP contribution in [-0.4, -0.2) is 18.2 Å². The molecule has 0 amide bonds. The van der Waals surface area contributed by atoms with Crippen molar-refractivity contribution in [2.45, 2.75) is 40.2 Å². The molecule has 1 aromatic heterocycles. The van der Waals surface area contributed by atoms with Gasteiger partial charge in [0, 0.05) is 28.7 Å². The Labute approximate surface area is 158 Å². The minimum atomic E-state index is -0.822. The number of esters is 1.